The van der Waals surface area contributed by atoms with Gasteiger partial charge in [-0.3, -0.25) is 15.0 Å². The van der Waals surface area contributed by atoms with Crippen LogP contribution in [0.4, 0.5) is 5.69 Å². The van der Waals surface area contributed by atoms with E-state index in [-0.39, 0.29) is 5.57 Å². The Kier molecular flexibility index (Phi) is 6.28. The summed E-state index contributed by atoms with van der Waals surface area (Å²) in [6.45, 7) is 2.33. The van der Waals surface area contributed by atoms with Crippen molar-refractivity contribution in [1.29, 1.82) is 0 Å². The second-order valence-electron chi connectivity index (χ2n) is 7.28. The number of carbonyl (C=O) groups excluding carboxylic acids is 2. The van der Waals surface area contributed by atoms with E-state index in [0.29, 0.717) is 29.4 Å². The number of halogens is 1. The van der Waals surface area contributed by atoms with E-state index in [0.717, 1.165) is 15.6 Å². The predicted molar refractivity (Wildman–Crippen MR) is 126 cm³/mol. The number of anilines is 1. The van der Waals surface area contributed by atoms with Gasteiger partial charge in [0, 0.05) is 10.0 Å². The van der Waals surface area contributed by atoms with Gasteiger partial charge >= 0.3 is 0 Å². The lowest BCUT2D eigenvalue weighted by Crippen LogP contribution is -2.35. The van der Waals surface area contributed by atoms with Crippen LogP contribution in [0.25, 0.3) is 6.08 Å². The van der Waals surface area contributed by atoms with Crippen LogP contribution in [0.15, 0.2) is 76.8 Å². The number of hydrogen-bond acceptors (Lipinski definition) is 4. The average molecular weight is 493 g/mol. The third-order valence-electron chi connectivity index (χ3n) is 4.98. The molecule has 2 amide bonds. The summed E-state index contributed by atoms with van der Waals surface area (Å²) in [4.78, 5) is 25.6. The number of ether oxygens (including phenoxy) is 2. The zero-order valence-corrected chi connectivity index (χ0v) is 19.2. The fourth-order valence-electron chi connectivity index (χ4n) is 3.31. The lowest BCUT2D eigenvalue weighted by atomic mass is 10.1. The van der Waals surface area contributed by atoms with Crippen molar-refractivity contribution in [2.45, 2.75) is 13.5 Å². The van der Waals surface area contributed by atoms with Gasteiger partial charge in [-0.15, -0.1) is 0 Å². The van der Waals surface area contributed by atoms with E-state index in [1.54, 1.807) is 43.5 Å². The molecule has 0 unspecified atom stereocenters. The molecule has 4 rings (SSSR count). The highest BCUT2D eigenvalue weighted by Crippen LogP contribution is 2.37. The molecule has 3 aromatic rings. The Hall–Kier alpha value is -3.58. The van der Waals surface area contributed by atoms with Crippen molar-refractivity contribution in [3.63, 3.8) is 0 Å². The Morgan fingerprint density at radius 1 is 1.03 bits per heavy atom. The second-order valence-corrected chi connectivity index (χ2v) is 8.19. The van der Waals surface area contributed by atoms with E-state index < -0.39 is 11.8 Å². The summed E-state index contributed by atoms with van der Waals surface area (Å²) in [6, 6.07) is 20.5. The van der Waals surface area contributed by atoms with E-state index in [4.69, 9.17) is 9.47 Å². The van der Waals surface area contributed by atoms with Gasteiger partial charge in [0.1, 0.15) is 12.2 Å². The number of carbonyl (C=O) groups is 2. The Morgan fingerprint density at radius 3 is 2.44 bits per heavy atom. The molecular weight excluding hydrogens is 472 g/mol. The number of methoxy groups -OCH3 is 1. The number of benzene rings is 3. The summed E-state index contributed by atoms with van der Waals surface area (Å²) in [6.07, 6.45) is 1.53. The molecule has 1 fully saturated rings. The molecule has 1 heterocycles. The quantitative estimate of drug-likeness (QED) is 0.396. The fraction of sp³-hybridized carbons (Fsp3) is 0.120. The third kappa shape index (κ3) is 4.53. The molecule has 1 aliphatic heterocycles. The standard InChI is InChI=1S/C25H21BrN2O4/c1-16-8-10-17(11-9-16)15-32-23-18(12-19(26)14-22(23)31-2)13-21-24(29)27-28(25(21)30)20-6-4-3-5-7-20/h3-14H,15H2,1-2H3,(H,27,29)/b21-13-. The van der Waals surface area contributed by atoms with E-state index in [2.05, 4.69) is 21.4 Å². The number of amides is 2. The molecule has 32 heavy (non-hydrogen) atoms. The number of rotatable bonds is 6. The monoisotopic (exact) mass is 492 g/mol. The van der Waals surface area contributed by atoms with Crippen LogP contribution in [0.3, 0.4) is 0 Å². The fourth-order valence-corrected chi connectivity index (χ4v) is 3.77. The number of aryl methyl sites for hydroxylation is 1. The summed E-state index contributed by atoms with van der Waals surface area (Å²) in [5.41, 5.74) is 5.90. The van der Waals surface area contributed by atoms with Gasteiger partial charge in [0.2, 0.25) is 0 Å². The van der Waals surface area contributed by atoms with Gasteiger partial charge in [-0.2, -0.15) is 0 Å². The molecule has 6 nitrogen and oxygen atoms in total. The molecule has 162 valence electrons. The van der Waals surface area contributed by atoms with Crippen molar-refractivity contribution in [2.75, 3.05) is 12.1 Å². The number of hydrogen-bond donors (Lipinski definition) is 1. The Balaban J connectivity index is 1.68. The van der Waals surface area contributed by atoms with E-state index in [1.165, 1.54) is 11.1 Å². The first-order chi connectivity index (χ1) is 15.5. The van der Waals surface area contributed by atoms with E-state index in [9.17, 15) is 9.59 Å². The summed E-state index contributed by atoms with van der Waals surface area (Å²) in [5, 5.41) is 1.23. The van der Waals surface area contributed by atoms with Crippen LogP contribution in [-0.2, 0) is 16.2 Å². The van der Waals surface area contributed by atoms with Crippen molar-refractivity contribution < 1.29 is 19.1 Å². The number of nitrogens with zero attached hydrogens (tertiary/aromatic N) is 1. The van der Waals surface area contributed by atoms with Crippen molar-refractivity contribution in [3.05, 3.63) is 93.5 Å². The van der Waals surface area contributed by atoms with E-state index in [1.807, 2.05) is 37.3 Å². The zero-order valence-electron chi connectivity index (χ0n) is 17.6. The van der Waals surface area contributed by atoms with Crippen LogP contribution in [0.5, 0.6) is 11.5 Å². The van der Waals surface area contributed by atoms with Crippen LogP contribution in [0, 0.1) is 6.92 Å². The lowest BCUT2D eigenvalue weighted by molar-refractivity contribution is -0.117. The molecule has 0 atom stereocenters. The normalized spacial score (nSPS) is 14.6. The molecule has 0 spiro atoms. The summed E-state index contributed by atoms with van der Waals surface area (Å²) < 4.78 is 12.3. The molecular formula is C25H21BrN2O4. The molecule has 0 radical (unpaired) electrons. The van der Waals surface area contributed by atoms with Gasteiger partial charge in [-0.25, -0.2) is 5.01 Å². The number of para-hydroxylation sites is 1. The first-order valence-corrected chi connectivity index (χ1v) is 10.7. The van der Waals surface area contributed by atoms with Gasteiger partial charge in [-0.05, 0) is 42.8 Å². The minimum absolute atomic E-state index is 0.00851. The largest absolute Gasteiger partial charge is 0.493 e. The van der Waals surface area contributed by atoms with Gasteiger partial charge in [0.15, 0.2) is 11.5 Å². The van der Waals surface area contributed by atoms with Gasteiger partial charge in [-0.1, -0.05) is 64.0 Å². The van der Waals surface area contributed by atoms with Crippen LogP contribution in [0.2, 0.25) is 0 Å². The highest BCUT2D eigenvalue weighted by atomic mass is 79.9. The van der Waals surface area contributed by atoms with Crippen molar-refractivity contribution >= 4 is 39.5 Å². The summed E-state index contributed by atoms with van der Waals surface area (Å²) in [5.74, 6) is 0.0125. The maximum atomic E-state index is 13.0. The number of nitrogens with one attached hydrogen (secondary N) is 1. The van der Waals surface area contributed by atoms with Gasteiger partial charge in [0.25, 0.3) is 11.8 Å². The van der Waals surface area contributed by atoms with Crippen LogP contribution in [-0.4, -0.2) is 18.9 Å². The topological polar surface area (TPSA) is 67.9 Å². The minimum atomic E-state index is -0.484. The molecule has 3 aromatic carbocycles. The Bertz CT molecular complexity index is 1190. The molecule has 0 saturated carbocycles. The second kappa shape index (κ2) is 9.28. The highest BCUT2D eigenvalue weighted by Gasteiger charge is 2.34. The SMILES string of the molecule is COc1cc(Br)cc(/C=C2/C(=O)NN(c3ccccc3)C2=O)c1OCc1ccc(C)cc1. The number of hydrazine groups is 1. The van der Waals surface area contributed by atoms with Crippen LogP contribution < -0.4 is 19.9 Å². The zero-order chi connectivity index (χ0) is 22.7. The first kappa shape index (κ1) is 21.6. The molecule has 0 aromatic heterocycles. The third-order valence-corrected chi connectivity index (χ3v) is 5.44. The maximum absolute atomic E-state index is 13.0. The molecule has 1 N–H and O–H groups in total. The molecule has 0 bridgehead atoms. The molecule has 1 aliphatic rings. The first-order valence-electron chi connectivity index (χ1n) is 9.94. The smallest absolute Gasteiger partial charge is 0.282 e. The molecule has 0 aliphatic carbocycles. The van der Waals surface area contributed by atoms with Crippen LogP contribution >= 0.6 is 15.9 Å². The Morgan fingerprint density at radius 2 is 1.75 bits per heavy atom. The molecule has 1 saturated heterocycles. The molecule has 7 heteroatoms. The van der Waals surface area contributed by atoms with Crippen molar-refractivity contribution in [3.8, 4) is 11.5 Å². The van der Waals surface area contributed by atoms with E-state index >= 15 is 0 Å². The minimum Gasteiger partial charge on any atom is -0.493 e. The lowest BCUT2D eigenvalue weighted by Gasteiger charge is -2.15. The van der Waals surface area contributed by atoms with Crippen molar-refractivity contribution in [1.82, 2.24) is 5.43 Å². The van der Waals surface area contributed by atoms with Gasteiger partial charge in [0.05, 0.1) is 12.8 Å². The summed E-state index contributed by atoms with van der Waals surface area (Å²) in [7, 11) is 1.54. The average Bonchev–Trinajstić information content (AvgIpc) is 3.08. The van der Waals surface area contributed by atoms with Crippen molar-refractivity contribution in [2.24, 2.45) is 0 Å². The maximum Gasteiger partial charge on any atom is 0.282 e. The van der Waals surface area contributed by atoms with Gasteiger partial charge < -0.3 is 9.47 Å². The predicted octanol–water partition coefficient (Wildman–Crippen LogP) is 4.81. The summed E-state index contributed by atoms with van der Waals surface area (Å²) >= 11 is 3.46. The Labute approximate surface area is 194 Å². The van der Waals surface area contributed by atoms with Crippen LogP contribution in [0.1, 0.15) is 16.7 Å². The highest BCUT2D eigenvalue weighted by molar-refractivity contribution is 9.10.